The normalized spacial score (nSPS) is 14.5. The van der Waals surface area contributed by atoms with Crippen molar-refractivity contribution in [1.82, 2.24) is 0 Å². The molecular weight excluding hydrogens is 249 g/mol. The second-order valence-corrected chi connectivity index (χ2v) is 4.06. The van der Waals surface area contributed by atoms with Crippen molar-refractivity contribution in [3.63, 3.8) is 0 Å². The maximum absolute atomic E-state index is 13.9. The molecule has 1 aromatic rings. The molecule has 98 valence electrons. The molecule has 1 aromatic carbocycles. The van der Waals surface area contributed by atoms with E-state index in [0.29, 0.717) is 12.0 Å². The number of nitrogens with zero attached hydrogens (tertiary/aromatic N) is 1. The summed E-state index contributed by atoms with van der Waals surface area (Å²) in [7, 11) is 0. The number of rotatable bonds is 2. The Morgan fingerprint density at radius 3 is 2.53 bits per heavy atom. The summed E-state index contributed by atoms with van der Waals surface area (Å²) in [6.45, 7) is -0.0512. The number of imide groups is 1. The molecule has 0 aliphatic carbocycles. The first-order valence-electron chi connectivity index (χ1n) is 5.88. The molecule has 1 saturated heterocycles. The number of hydrogen-bond donors (Lipinski definition) is 1. The van der Waals surface area contributed by atoms with E-state index in [1.165, 1.54) is 12.1 Å². The SMILES string of the molecule is O=C1CCC(=O)N1c1ccc(C#CCCO)cc1F. The van der Waals surface area contributed by atoms with Crippen LogP contribution in [0.15, 0.2) is 18.2 Å². The van der Waals surface area contributed by atoms with Crippen LogP contribution in [-0.4, -0.2) is 23.5 Å². The molecule has 0 bridgehead atoms. The fourth-order valence-electron chi connectivity index (χ4n) is 1.83. The summed E-state index contributed by atoms with van der Waals surface area (Å²) in [5.74, 6) is 3.93. The first-order valence-corrected chi connectivity index (χ1v) is 5.88. The van der Waals surface area contributed by atoms with Crippen LogP contribution in [-0.2, 0) is 9.59 Å². The average Bonchev–Trinajstić information content (AvgIpc) is 2.70. The van der Waals surface area contributed by atoms with Crippen LogP contribution in [0.3, 0.4) is 0 Å². The molecule has 1 aliphatic heterocycles. The van der Waals surface area contributed by atoms with Gasteiger partial charge in [0.1, 0.15) is 5.82 Å². The van der Waals surface area contributed by atoms with E-state index in [2.05, 4.69) is 11.8 Å². The second kappa shape index (κ2) is 5.63. The maximum atomic E-state index is 13.9. The fraction of sp³-hybridized carbons (Fsp3) is 0.286. The minimum atomic E-state index is -0.653. The lowest BCUT2D eigenvalue weighted by atomic mass is 10.2. The third kappa shape index (κ3) is 2.80. The number of halogens is 1. The number of aliphatic hydroxyl groups excluding tert-OH is 1. The lowest BCUT2D eigenvalue weighted by Crippen LogP contribution is -2.29. The van der Waals surface area contributed by atoms with Crippen LogP contribution in [0.2, 0.25) is 0 Å². The number of hydrogen-bond acceptors (Lipinski definition) is 3. The molecule has 5 heteroatoms. The first kappa shape index (κ1) is 13.2. The highest BCUT2D eigenvalue weighted by Gasteiger charge is 2.31. The molecule has 2 amide bonds. The number of amides is 2. The highest BCUT2D eigenvalue weighted by molar-refractivity contribution is 6.19. The monoisotopic (exact) mass is 261 g/mol. The predicted octanol–water partition coefficient (Wildman–Crippen LogP) is 1.21. The van der Waals surface area contributed by atoms with Crippen LogP contribution in [0.25, 0.3) is 0 Å². The zero-order chi connectivity index (χ0) is 13.8. The number of aliphatic hydroxyl groups is 1. The number of carbonyl (C=O) groups is 2. The van der Waals surface area contributed by atoms with Crippen molar-refractivity contribution in [2.24, 2.45) is 0 Å². The molecule has 19 heavy (non-hydrogen) atoms. The number of benzene rings is 1. The molecule has 1 heterocycles. The molecular formula is C14H12FNO3. The Hall–Kier alpha value is -2.19. The molecule has 0 aromatic heterocycles. The molecule has 0 unspecified atom stereocenters. The van der Waals surface area contributed by atoms with E-state index in [-0.39, 0.29) is 37.0 Å². The molecule has 1 N–H and O–H groups in total. The van der Waals surface area contributed by atoms with Crippen molar-refractivity contribution >= 4 is 17.5 Å². The first-order chi connectivity index (χ1) is 9.13. The highest BCUT2D eigenvalue weighted by Crippen LogP contribution is 2.25. The van der Waals surface area contributed by atoms with Crippen molar-refractivity contribution in [2.45, 2.75) is 19.3 Å². The second-order valence-electron chi connectivity index (χ2n) is 4.06. The van der Waals surface area contributed by atoms with Gasteiger partial charge in [0.15, 0.2) is 0 Å². The van der Waals surface area contributed by atoms with Crippen LogP contribution in [0.1, 0.15) is 24.8 Å². The van der Waals surface area contributed by atoms with Crippen LogP contribution in [0.5, 0.6) is 0 Å². The van der Waals surface area contributed by atoms with Gasteiger partial charge in [0, 0.05) is 24.8 Å². The van der Waals surface area contributed by atoms with Gasteiger partial charge in [0.2, 0.25) is 11.8 Å². The van der Waals surface area contributed by atoms with E-state index in [4.69, 9.17) is 5.11 Å². The van der Waals surface area contributed by atoms with Gasteiger partial charge in [-0.1, -0.05) is 11.8 Å². The summed E-state index contributed by atoms with van der Waals surface area (Å²) < 4.78 is 13.9. The molecule has 1 fully saturated rings. The minimum Gasteiger partial charge on any atom is -0.395 e. The topological polar surface area (TPSA) is 57.6 Å². The highest BCUT2D eigenvalue weighted by atomic mass is 19.1. The Labute approximate surface area is 109 Å². The molecule has 1 aliphatic rings. The van der Waals surface area contributed by atoms with Crippen LogP contribution < -0.4 is 4.90 Å². The van der Waals surface area contributed by atoms with E-state index in [0.717, 1.165) is 4.90 Å². The lowest BCUT2D eigenvalue weighted by molar-refractivity contribution is -0.121. The zero-order valence-electron chi connectivity index (χ0n) is 10.1. The van der Waals surface area contributed by atoms with E-state index in [1.807, 2.05) is 0 Å². The fourth-order valence-corrected chi connectivity index (χ4v) is 1.83. The molecule has 4 nitrogen and oxygen atoms in total. The standard InChI is InChI=1S/C14H12FNO3/c15-11-9-10(3-1-2-8-17)4-5-12(11)16-13(18)6-7-14(16)19/h4-5,9,17H,2,6-8H2. The van der Waals surface area contributed by atoms with Crippen molar-refractivity contribution in [1.29, 1.82) is 0 Å². The Bertz CT molecular complexity index is 570. The smallest absolute Gasteiger partial charge is 0.234 e. The summed E-state index contributed by atoms with van der Waals surface area (Å²) in [4.78, 5) is 23.9. The van der Waals surface area contributed by atoms with E-state index < -0.39 is 5.82 Å². The van der Waals surface area contributed by atoms with Crippen molar-refractivity contribution in [3.8, 4) is 11.8 Å². The van der Waals surface area contributed by atoms with Gasteiger partial charge in [-0.3, -0.25) is 9.59 Å². The van der Waals surface area contributed by atoms with Gasteiger partial charge in [-0.05, 0) is 18.2 Å². The molecule has 0 radical (unpaired) electrons. The molecule has 0 atom stereocenters. The molecule has 0 spiro atoms. The minimum absolute atomic E-state index is 0.0276. The van der Waals surface area contributed by atoms with Crippen LogP contribution >= 0.6 is 0 Å². The third-order valence-electron chi connectivity index (χ3n) is 2.71. The van der Waals surface area contributed by atoms with Crippen LogP contribution in [0, 0.1) is 17.7 Å². The number of anilines is 1. The summed E-state index contributed by atoms with van der Waals surface area (Å²) in [5, 5.41) is 8.59. The molecule has 0 saturated carbocycles. The van der Waals surface area contributed by atoms with Gasteiger partial charge < -0.3 is 5.11 Å². The molecule has 2 rings (SSSR count). The Kier molecular flexibility index (Phi) is 3.93. The van der Waals surface area contributed by atoms with Gasteiger partial charge in [-0.2, -0.15) is 0 Å². The van der Waals surface area contributed by atoms with E-state index in [1.54, 1.807) is 6.07 Å². The maximum Gasteiger partial charge on any atom is 0.234 e. The largest absolute Gasteiger partial charge is 0.395 e. The predicted molar refractivity (Wildman–Crippen MR) is 66.7 cm³/mol. The number of carbonyl (C=O) groups excluding carboxylic acids is 2. The van der Waals surface area contributed by atoms with Gasteiger partial charge >= 0.3 is 0 Å². The Balaban J connectivity index is 2.28. The van der Waals surface area contributed by atoms with Gasteiger partial charge in [0.25, 0.3) is 0 Å². The van der Waals surface area contributed by atoms with E-state index >= 15 is 0 Å². The summed E-state index contributed by atoms with van der Waals surface area (Å²) in [6, 6.07) is 4.10. The Morgan fingerprint density at radius 2 is 1.95 bits per heavy atom. The zero-order valence-corrected chi connectivity index (χ0v) is 10.1. The van der Waals surface area contributed by atoms with Gasteiger partial charge in [-0.25, -0.2) is 9.29 Å². The average molecular weight is 261 g/mol. The summed E-state index contributed by atoms with van der Waals surface area (Å²) in [5.41, 5.74) is 0.411. The van der Waals surface area contributed by atoms with Crippen molar-refractivity contribution < 1.29 is 19.1 Å². The van der Waals surface area contributed by atoms with Gasteiger partial charge in [-0.15, -0.1) is 0 Å². The van der Waals surface area contributed by atoms with Crippen molar-refractivity contribution in [2.75, 3.05) is 11.5 Å². The van der Waals surface area contributed by atoms with Crippen LogP contribution in [0.4, 0.5) is 10.1 Å². The summed E-state index contributed by atoms with van der Waals surface area (Å²) in [6.07, 6.45) is 0.555. The van der Waals surface area contributed by atoms with E-state index in [9.17, 15) is 14.0 Å². The van der Waals surface area contributed by atoms with Gasteiger partial charge in [0.05, 0.1) is 12.3 Å². The lowest BCUT2D eigenvalue weighted by Gasteiger charge is -2.14. The Morgan fingerprint density at radius 1 is 1.26 bits per heavy atom. The third-order valence-corrected chi connectivity index (χ3v) is 2.71. The quantitative estimate of drug-likeness (QED) is 0.643. The summed E-state index contributed by atoms with van der Waals surface area (Å²) >= 11 is 0. The van der Waals surface area contributed by atoms with Crippen molar-refractivity contribution in [3.05, 3.63) is 29.6 Å².